The van der Waals surface area contributed by atoms with Crippen molar-refractivity contribution in [1.29, 1.82) is 0 Å². The highest BCUT2D eigenvalue weighted by molar-refractivity contribution is 7.92. The lowest BCUT2D eigenvalue weighted by molar-refractivity contribution is -0.137. The lowest BCUT2D eigenvalue weighted by Gasteiger charge is -2.13. The van der Waals surface area contributed by atoms with Gasteiger partial charge >= 0.3 is 6.18 Å². The van der Waals surface area contributed by atoms with Crippen LogP contribution in [0.3, 0.4) is 0 Å². The van der Waals surface area contributed by atoms with Gasteiger partial charge in [-0.25, -0.2) is 8.42 Å². The van der Waals surface area contributed by atoms with Crippen molar-refractivity contribution in [3.63, 3.8) is 0 Å². The number of aryl methyl sites for hydroxylation is 1. The fourth-order valence-corrected chi connectivity index (χ4v) is 4.42. The largest absolute Gasteiger partial charge is 0.416 e. The van der Waals surface area contributed by atoms with Crippen LogP contribution in [0.4, 0.5) is 24.5 Å². The number of carbonyl (C=O) groups is 1. The van der Waals surface area contributed by atoms with E-state index in [1.165, 1.54) is 12.1 Å². The van der Waals surface area contributed by atoms with E-state index in [0.717, 1.165) is 23.8 Å². The first-order valence-electron chi connectivity index (χ1n) is 8.94. The Morgan fingerprint density at radius 1 is 0.906 bits per heavy atom. The molecule has 1 amide bonds. The average Bonchev–Trinajstić information content (AvgIpc) is 2.70. The molecular weight excluding hydrogens is 488 g/mol. The second kappa shape index (κ2) is 9.01. The summed E-state index contributed by atoms with van der Waals surface area (Å²) in [6.45, 7) is 1.84. The van der Waals surface area contributed by atoms with Gasteiger partial charge in [-0.2, -0.15) is 13.2 Å². The van der Waals surface area contributed by atoms with Crippen molar-refractivity contribution in [3.8, 4) is 0 Å². The number of hydrogen-bond acceptors (Lipinski definition) is 3. The molecule has 0 bridgehead atoms. The van der Waals surface area contributed by atoms with E-state index in [0.29, 0.717) is 6.07 Å². The molecule has 0 aromatic heterocycles. The number of sulfonamides is 1. The molecule has 3 rings (SSSR count). The molecule has 5 nitrogen and oxygen atoms in total. The number of alkyl halides is 3. The van der Waals surface area contributed by atoms with Crippen molar-refractivity contribution in [2.24, 2.45) is 0 Å². The number of hydrogen-bond donors (Lipinski definition) is 2. The topological polar surface area (TPSA) is 75.3 Å². The normalized spacial score (nSPS) is 11.8. The highest BCUT2D eigenvalue weighted by atomic mass is 35.5. The van der Waals surface area contributed by atoms with Crippen LogP contribution >= 0.6 is 23.2 Å². The molecule has 0 aliphatic carbocycles. The molecule has 0 fully saturated rings. The number of halogens is 5. The Labute approximate surface area is 192 Å². The Bertz CT molecular complexity index is 1280. The van der Waals surface area contributed by atoms with Gasteiger partial charge in [-0.15, -0.1) is 0 Å². The van der Waals surface area contributed by atoms with Crippen molar-refractivity contribution in [2.75, 3.05) is 10.0 Å². The van der Waals surface area contributed by atoms with Gasteiger partial charge in [0.1, 0.15) is 4.90 Å². The van der Waals surface area contributed by atoms with E-state index in [1.54, 1.807) is 24.3 Å². The molecule has 0 saturated heterocycles. The number of benzene rings is 3. The molecule has 0 heterocycles. The third-order valence-corrected chi connectivity index (χ3v) is 6.52. The third kappa shape index (κ3) is 5.53. The predicted molar refractivity (Wildman–Crippen MR) is 118 cm³/mol. The number of rotatable bonds is 5. The van der Waals surface area contributed by atoms with E-state index in [1.807, 2.05) is 6.92 Å². The first kappa shape index (κ1) is 23.9. The summed E-state index contributed by atoms with van der Waals surface area (Å²) in [7, 11) is -4.16. The maximum atomic E-state index is 12.9. The summed E-state index contributed by atoms with van der Waals surface area (Å²) in [5.41, 5.74) is -0.204. The molecule has 3 aromatic carbocycles. The Kier molecular flexibility index (Phi) is 6.73. The van der Waals surface area contributed by atoms with Gasteiger partial charge in [-0.3, -0.25) is 9.52 Å². The van der Waals surface area contributed by atoms with Crippen molar-refractivity contribution in [1.82, 2.24) is 0 Å². The Morgan fingerprint density at radius 3 is 2.16 bits per heavy atom. The smallest absolute Gasteiger partial charge is 0.321 e. The van der Waals surface area contributed by atoms with Crippen LogP contribution in [0, 0.1) is 6.92 Å². The fourth-order valence-electron chi connectivity index (χ4n) is 2.67. The summed E-state index contributed by atoms with van der Waals surface area (Å²) in [6, 6.07) is 12.5. The SMILES string of the molecule is Cc1ccc(NS(=O)(=O)c2cc(C(=O)Nc3cc(C(F)(F)F)ccc3Cl)ccc2Cl)cc1. The number of carbonyl (C=O) groups excluding carboxylic acids is 1. The molecule has 0 aliphatic rings. The van der Waals surface area contributed by atoms with E-state index < -0.39 is 27.7 Å². The zero-order valence-electron chi connectivity index (χ0n) is 16.3. The average molecular weight is 503 g/mol. The zero-order valence-corrected chi connectivity index (χ0v) is 18.6. The van der Waals surface area contributed by atoms with E-state index in [2.05, 4.69) is 10.0 Å². The Morgan fingerprint density at radius 2 is 1.53 bits per heavy atom. The van der Waals surface area contributed by atoms with E-state index in [-0.39, 0.29) is 31.9 Å². The van der Waals surface area contributed by atoms with Gasteiger partial charge in [0, 0.05) is 11.3 Å². The monoisotopic (exact) mass is 502 g/mol. The van der Waals surface area contributed by atoms with Gasteiger partial charge in [-0.1, -0.05) is 40.9 Å². The van der Waals surface area contributed by atoms with Crippen LogP contribution in [-0.4, -0.2) is 14.3 Å². The molecule has 0 radical (unpaired) electrons. The highest BCUT2D eigenvalue weighted by Crippen LogP contribution is 2.34. The summed E-state index contributed by atoms with van der Waals surface area (Å²) >= 11 is 11.9. The minimum atomic E-state index is -4.63. The predicted octanol–water partition coefficient (Wildman–Crippen LogP) is 6.37. The van der Waals surface area contributed by atoms with Crippen LogP contribution in [0.15, 0.2) is 65.6 Å². The third-order valence-electron chi connectivity index (χ3n) is 4.33. The second-order valence-electron chi connectivity index (χ2n) is 6.76. The molecule has 168 valence electrons. The lowest BCUT2D eigenvalue weighted by atomic mass is 10.1. The Balaban J connectivity index is 1.90. The summed E-state index contributed by atoms with van der Waals surface area (Å²) < 4.78 is 66.8. The molecule has 0 atom stereocenters. The molecule has 0 unspecified atom stereocenters. The van der Waals surface area contributed by atoms with Crippen LogP contribution in [0.1, 0.15) is 21.5 Å². The molecule has 11 heteroatoms. The minimum absolute atomic E-state index is 0.116. The van der Waals surface area contributed by atoms with E-state index in [9.17, 15) is 26.4 Å². The maximum absolute atomic E-state index is 12.9. The van der Waals surface area contributed by atoms with Gasteiger partial charge in [0.05, 0.1) is 21.3 Å². The summed E-state index contributed by atoms with van der Waals surface area (Å²) in [5, 5.41) is 2.01. The molecule has 2 N–H and O–H groups in total. The summed E-state index contributed by atoms with van der Waals surface area (Å²) in [5.74, 6) is -0.866. The number of nitrogens with one attached hydrogen (secondary N) is 2. The number of anilines is 2. The van der Waals surface area contributed by atoms with Gasteiger partial charge in [0.2, 0.25) is 0 Å². The lowest BCUT2D eigenvalue weighted by Crippen LogP contribution is -2.17. The van der Waals surface area contributed by atoms with Gasteiger partial charge in [-0.05, 0) is 55.5 Å². The van der Waals surface area contributed by atoms with Crippen molar-refractivity contribution < 1.29 is 26.4 Å². The van der Waals surface area contributed by atoms with Crippen molar-refractivity contribution in [2.45, 2.75) is 18.0 Å². The first-order valence-corrected chi connectivity index (χ1v) is 11.2. The van der Waals surface area contributed by atoms with Crippen LogP contribution in [0.5, 0.6) is 0 Å². The molecule has 0 spiro atoms. The van der Waals surface area contributed by atoms with Gasteiger partial charge in [0.15, 0.2) is 0 Å². The van der Waals surface area contributed by atoms with Crippen LogP contribution in [0.2, 0.25) is 10.0 Å². The zero-order chi connectivity index (χ0) is 23.7. The van der Waals surface area contributed by atoms with Gasteiger partial charge < -0.3 is 5.32 Å². The summed E-state index contributed by atoms with van der Waals surface area (Å²) in [6.07, 6.45) is -4.63. The summed E-state index contributed by atoms with van der Waals surface area (Å²) in [4.78, 5) is 12.2. The molecule has 0 saturated carbocycles. The van der Waals surface area contributed by atoms with Crippen LogP contribution < -0.4 is 10.0 Å². The number of amides is 1. The standard InChI is InChI=1S/C21H15Cl2F3N2O3S/c1-12-2-6-15(7-3-12)28-32(30,31)19-10-13(4-8-17(19)23)20(29)27-18-11-14(21(24,25)26)5-9-16(18)22/h2-11,28H,1H3,(H,27,29). The van der Waals surface area contributed by atoms with E-state index >= 15 is 0 Å². The van der Waals surface area contributed by atoms with Crippen LogP contribution in [0.25, 0.3) is 0 Å². The maximum Gasteiger partial charge on any atom is 0.416 e. The molecule has 3 aromatic rings. The van der Waals surface area contributed by atoms with Crippen molar-refractivity contribution >= 4 is 50.5 Å². The first-order chi connectivity index (χ1) is 14.9. The minimum Gasteiger partial charge on any atom is -0.321 e. The molecular formula is C21H15Cl2F3N2O3S. The fraction of sp³-hybridized carbons (Fsp3) is 0.0952. The van der Waals surface area contributed by atoms with Gasteiger partial charge in [0.25, 0.3) is 15.9 Å². The molecule has 0 aliphatic heterocycles. The second-order valence-corrected chi connectivity index (χ2v) is 9.23. The van der Waals surface area contributed by atoms with Crippen molar-refractivity contribution in [3.05, 3.63) is 87.4 Å². The quantitative estimate of drug-likeness (QED) is 0.425. The van der Waals surface area contributed by atoms with Crippen LogP contribution in [-0.2, 0) is 16.2 Å². The highest BCUT2D eigenvalue weighted by Gasteiger charge is 2.31. The Hall–Kier alpha value is -2.75. The van der Waals surface area contributed by atoms with E-state index in [4.69, 9.17) is 23.2 Å². The molecule has 32 heavy (non-hydrogen) atoms.